The van der Waals surface area contributed by atoms with Crippen molar-refractivity contribution in [3.8, 4) is 0 Å². The molecule has 4 nitrogen and oxygen atoms in total. The summed E-state index contributed by atoms with van der Waals surface area (Å²) in [4.78, 5) is 14.7. The maximum absolute atomic E-state index is 12.7. The largest absolute Gasteiger partial charge is 0.393 e. The number of nitrogens with zero attached hydrogens (tertiary/aromatic N) is 1. The number of carbonyl (C=O) groups excluding carboxylic acids is 1. The Bertz CT molecular complexity index is 720. The van der Waals surface area contributed by atoms with Crippen LogP contribution in [0.15, 0.2) is 0 Å². The number of amides is 1. The van der Waals surface area contributed by atoms with Gasteiger partial charge in [-0.15, -0.1) is 0 Å². The fraction of sp³-hybridized carbons (Fsp3) is 0.966. The first-order chi connectivity index (χ1) is 15.8. The van der Waals surface area contributed by atoms with Crippen LogP contribution < -0.4 is 0 Å². The molecule has 0 bridgehead atoms. The third-order valence-electron chi connectivity index (χ3n) is 12.0. The number of rotatable bonds is 5. The van der Waals surface area contributed by atoms with Crippen LogP contribution in [-0.2, 0) is 9.53 Å². The van der Waals surface area contributed by atoms with Gasteiger partial charge in [-0.1, -0.05) is 20.8 Å². The second kappa shape index (κ2) is 9.12. The smallest absolute Gasteiger partial charge is 0.222 e. The molecular formula is C29H49NO3. The SMILES string of the molecule is CO[C@@H]1CC[C@@]2(C)[C@@H](C1)C[C@@H](O)[C@@H]1[C@@H]2CC[C@]2(C)[C@@H]([C@H](C)CCC(=O)N3CCCC3)CC[C@@H]12. The molecule has 0 aromatic heterocycles. The summed E-state index contributed by atoms with van der Waals surface area (Å²) in [7, 11) is 1.86. The Morgan fingerprint density at radius 1 is 1.03 bits per heavy atom. The van der Waals surface area contributed by atoms with E-state index in [0.29, 0.717) is 58.3 Å². The van der Waals surface area contributed by atoms with E-state index in [-0.39, 0.29) is 6.10 Å². The second-order valence-electron chi connectivity index (χ2n) is 13.3. The van der Waals surface area contributed by atoms with E-state index < -0.39 is 0 Å². The molecule has 33 heavy (non-hydrogen) atoms. The molecule has 1 N–H and O–H groups in total. The van der Waals surface area contributed by atoms with Crippen LogP contribution in [0.4, 0.5) is 0 Å². The molecule has 0 spiro atoms. The van der Waals surface area contributed by atoms with Crippen molar-refractivity contribution in [1.29, 1.82) is 0 Å². The average molecular weight is 460 g/mol. The van der Waals surface area contributed by atoms with Gasteiger partial charge in [0.2, 0.25) is 5.91 Å². The van der Waals surface area contributed by atoms with Gasteiger partial charge in [-0.25, -0.2) is 0 Å². The third-order valence-corrected chi connectivity index (χ3v) is 12.0. The number of hydrogen-bond acceptors (Lipinski definition) is 3. The Morgan fingerprint density at radius 2 is 1.73 bits per heavy atom. The van der Waals surface area contributed by atoms with Gasteiger partial charge in [-0.05, 0) is 117 Å². The van der Waals surface area contributed by atoms with Gasteiger partial charge in [-0.2, -0.15) is 0 Å². The van der Waals surface area contributed by atoms with Crippen molar-refractivity contribution in [3.63, 3.8) is 0 Å². The van der Waals surface area contributed by atoms with Gasteiger partial charge in [0.1, 0.15) is 0 Å². The van der Waals surface area contributed by atoms with Gasteiger partial charge >= 0.3 is 0 Å². The number of methoxy groups -OCH3 is 1. The maximum atomic E-state index is 12.7. The van der Waals surface area contributed by atoms with Crippen molar-refractivity contribution in [2.45, 2.75) is 110 Å². The summed E-state index contributed by atoms with van der Waals surface area (Å²) in [5.41, 5.74) is 0.720. The van der Waals surface area contributed by atoms with Crippen molar-refractivity contribution >= 4 is 5.91 Å². The summed E-state index contributed by atoms with van der Waals surface area (Å²) in [6, 6.07) is 0. The standard InChI is InChI=1S/C29H49NO3/c1-19(7-10-26(32)30-15-5-6-16-30)22-8-9-23-27-24(12-14-29(22,23)3)28(2)13-11-21(33-4)17-20(28)18-25(27)31/h19-25,27,31H,5-18H2,1-4H3/t19-,20+,21-,22-,23+,24+,25-,27+,28+,29-/m1/s1. The van der Waals surface area contributed by atoms with Gasteiger partial charge in [0.05, 0.1) is 12.2 Å². The number of hydrogen-bond donors (Lipinski definition) is 1. The fourth-order valence-electron chi connectivity index (χ4n) is 10.0. The highest BCUT2D eigenvalue weighted by Gasteiger charge is 2.62. The second-order valence-corrected chi connectivity index (χ2v) is 13.3. The van der Waals surface area contributed by atoms with E-state index in [1.807, 2.05) is 7.11 Å². The monoisotopic (exact) mass is 459 g/mol. The Kier molecular flexibility index (Phi) is 6.66. The predicted octanol–water partition coefficient (Wildman–Crippen LogP) is 5.67. The van der Waals surface area contributed by atoms with Crippen LogP contribution in [0.5, 0.6) is 0 Å². The molecule has 5 fully saturated rings. The number of aliphatic hydroxyl groups excluding tert-OH is 1. The zero-order valence-corrected chi connectivity index (χ0v) is 21.7. The molecule has 0 aromatic rings. The number of aliphatic hydroxyl groups is 1. The third kappa shape index (κ3) is 3.99. The van der Waals surface area contributed by atoms with Crippen LogP contribution in [0.25, 0.3) is 0 Å². The topological polar surface area (TPSA) is 49.8 Å². The quantitative estimate of drug-likeness (QED) is 0.576. The summed E-state index contributed by atoms with van der Waals surface area (Å²) < 4.78 is 5.75. The van der Waals surface area contributed by atoms with Gasteiger partial charge in [0.25, 0.3) is 0 Å². The lowest BCUT2D eigenvalue weighted by Crippen LogP contribution is -2.58. The minimum atomic E-state index is -0.140. The summed E-state index contributed by atoms with van der Waals surface area (Å²) in [5, 5.41) is 11.5. The molecule has 4 aliphatic carbocycles. The van der Waals surface area contributed by atoms with Gasteiger partial charge in [-0.3, -0.25) is 4.79 Å². The minimum Gasteiger partial charge on any atom is -0.393 e. The Balaban J connectivity index is 1.27. The van der Waals surface area contributed by atoms with Crippen molar-refractivity contribution in [2.24, 2.45) is 46.3 Å². The predicted molar refractivity (Wildman–Crippen MR) is 132 cm³/mol. The van der Waals surface area contributed by atoms with Crippen LogP contribution in [0.2, 0.25) is 0 Å². The summed E-state index contributed by atoms with van der Waals surface area (Å²) in [6.07, 6.45) is 14.1. The molecule has 0 unspecified atom stereocenters. The highest BCUT2D eigenvalue weighted by Crippen LogP contribution is 2.68. The van der Waals surface area contributed by atoms with E-state index in [2.05, 4.69) is 25.7 Å². The summed E-state index contributed by atoms with van der Waals surface area (Å²) >= 11 is 0. The van der Waals surface area contributed by atoms with Crippen LogP contribution in [0.1, 0.15) is 97.8 Å². The molecule has 4 saturated carbocycles. The molecule has 0 aromatic carbocycles. The van der Waals surface area contributed by atoms with Crippen molar-refractivity contribution in [1.82, 2.24) is 4.90 Å². The maximum Gasteiger partial charge on any atom is 0.222 e. The van der Waals surface area contributed by atoms with E-state index in [4.69, 9.17) is 4.74 Å². The van der Waals surface area contributed by atoms with E-state index in [9.17, 15) is 9.90 Å². The highest BCUT2D eigenvalue weighted by molar-refractivity contribution is 5.76. The number of likely N-dealkylation sites (tertiary alicyclic amines) is 1. The molecule has 1 saturated heterocycles. The molecule has 4 heteroatoms. The lowest BCUT2D eigenvalue weighted by atomic mass is 9.43. The van der Waals surface area contributed by atoms with Crippen molar-refractivity contribution in [2.75, 3.05) is 20.2 Å². The number of ether oxygens (including phenoxy) is 1. The molecular weight excluding hydrogens is 410 g/mol. The van der Waals surface area contributed by atoms with Crippen LogP contribution >= 0.6 is 0 Å². The number of fused-ring (bicyclic) bond motifs is 5. The Morgan fingerprint density at radius 3 is 2.45 bits per heavy atom. The van der Waals surface area contributed by atoms with E-state index in [0.717, 1.165) is 38.8 Å². The summed E-state index contributed by atoms with van der Waals surface area (Å²) in [5.74, 6) is 4.12. The summed E-state index contributed by atoms with van der Waals surface area (Å²) in [6.45, 7) is 9.50. The van der Waals surface area contributed by atoms with Crippen LogP contribution in [0, 0.1) is 46.3 Å². The highest BCUT2D eigenvalue weighted by atomic mass is 16.5. The van der Waals surface area contributed by atoms with Crippen LogP contribution in [-0.4, -0.2) is 48.3 Å². The molecule has 10 atom stereocenters. The molecule has 188 valence electrons. The Hall–Kier alpha value is -0.610. The molecule has 1 heterocycles. The zero-order valence-electron chi connectivity index (χ0n) is 21.7. The normalized spacial score (nSPS) is 48.2. The average Bonchev–Trinajstić information content (AvgIpc) is 3.45. The first-order valence-corrected chi connectivity index (χ1v) is 14.3. The van der Waals surface area contributed by atoms with Gasteiger partial charge in [0.15, 0.2) is 0 Å². The van der Waals surface area contributed by atoms with E-state index in [1.54, 1.807) is 0 Å². The van der Waals surface area contributed by atoms with Gasteiger partial charge < -0.3 is 14.7 Å². The molecule has 5 rings (SSSR count). The lowest BCUT2D eigenvalue weighted by molar-refractivity contribution is -0.176. The van der Waals surface area contributed by atoms with Crippen LogP contribution in [0.3, 0.4) is 0 Å². The molecule has 1 amide bonds. The van der Waals surface area contributed by atoms with Gasteiger partial charge in [0, 0.05) is 26.6 Å². The molecule has 0 radical (unpaired) electrons. The minimum absolute atomic E-state index is 0.140. The van der Waals surface area contributed by atoms with E-state index >= 15 is 0 Å². The first-order valence-electron chi connectivity index (χ1n) is 14.3. The molecule has 5 aliphatic rings. The fourth-order valence-corrected chi connectivity index (χ4v) is 10.0. The zero-order chi connectivity index (χ0) is 23.4. The number of carbonyl (C=O) groups is 1. The lowest BCUT2D eigenvalue weighted by Gasteiger charge is -2.62. The Labute approximate surface area is 202 Å². The van der Waals surface area contributed by atoms with Crippen molar-refractivity contribution in [3.05, 3.63) is 0 Å². The first kappa shape index (κ1) is 24.1. The molecule has 1 aliphatic heterocycles. The van der Waals surface area contributed by atoms with Crippen molar-refractivity contribution < 1.29 is 14.6 Å². The van der Waals surface area contributed by atoms with E-state index in [1.165, 1.54) is 51.4 Å².